The second kappa shape index (κ2) is 4.70. The Kier molecular flexibility index (Phi) is 3.29. The molecule has 1 aliphatic rings. The number of hydrogen-bond donors (Lipinski definition) is 1. The van der Waals surface area contributed by atoms with Crippen molar-refractivity contribution in [1.82, 2.24) is 0 Å². The summed E-state index contributed by atoms with van der Waals surface area (Å²) in [6, 6.07) is 3.51. The lowest BCUT2D eigenvalue weighted by Crippen LogP contribution is -2.21. The van der Waals surface area contributed by atoms with Gasteiger partial charge in [0.15, 0.2) is 11.5 Å². The van der Waals surface area contributed by atoms with Crippen molar-refractivity contribution in [2.75, 3.05) is 13.2 Å². The molecule has 1 aromatic carbocycles. The minimum atomic E-state index is -0.497. The lowest BCUT2D eigenvalue weighted by Gasteiger charge is -2.22. The fourth-order valence-corrected chi connectivity index (χ4v) is 1.87. The minimum absolute atomic E-state index is 0.0180. The highest BCUT2D eigenvalue weighted by Crippen LogP contribution is 2.36. The van der Waals surface area contributed by atoms with Gasteiger partial charge in [-0.2, -0.15) is 0 Å². The maximum atomic E-state index is 12.7. The average Bonchev–Trinajstić information content (AvgIpc) is 2.28. The zero-order chi connectivity index (χ0) is 11.5. The maximum absolute atomic E-state index is 12.7. The number of ether oxygens (including phenoxy) is 2. The third-order valence-electron chi connectivity index (χ3n) is 2.48. The molecule has 0 bridgehead atoms. The van der Waals surface area contributed by atoms with E-state index in [-0.39, 0.29) is 6.04 Å². The van der Waals surface area contributed by atoms with E-state index in [1.54, 1.807) is 12.1 Å². The summed E-state index contributed by atoms with van der Waals surface area (Å²) in [5.74, 6) is 1.36. The summed E-state index contributed by atoms with van der Waals surface area (Å²) in [5, 5.41) is 0. The Labute approximate surface area is 94.3 Å². The summed E-state index contributed by atoms with van der Waals surface area (Å²) in [5.41, 5.74) is 7.30. The van der Waals surface area contributed by atoms with Crippen LogP contribution in [0.15, 0.2) is 12.1 Å². The molecule has 0 radical (unpaired) electrons. The van der Waals surface area contributed by atoms with E-state index in [4.69, 9.17) is 15.2 Å². The minimum Gasteiger partial charge on any atom is -0.486 e. The molecule has 2 rings (SSSR count). The summed E-state index contributed by atoms with van der Waals surface area (Å²) >= 11 is 0. The molecule has 0 saturated carbocycles. The standard InChI is InChI=1S/C12H16FNO2/c1-8(14)4-10-5-9(7-13)6-11-12(10)16-3-2-15-11/h5-6,8H,2-4,7,14H2,1H3. The van der Waals surface area contributed by atoms with Crippen LogP contribution < -0.4 is 15.2 Å². The van der Waals surface area contributed by atoms with Crippen LogP contribution >= 0.6 is 0 Å². The van der Waals surface area contributed by atoms with Gasteiger partial charge in [-0.25, -0.2) is 4.39 Å². The predicted octanol–water partition coefficient (Wildman–Crippen LogP) is 1.82. The highest BCUT2D eigenvalue weighted by Gasteiger charge is 2.18. The first-order valence-corrected chi connectivity index (χ1v) is 5.43. The second-order valence-electron chi connectivity index (χ2n) is 4.09. The second-order valence-corrected chi connectivity index (χ2v) is 4.09. The van der Waals surface area contributed by atoms with E-state index < -0.39 is 6.67 Å². The summed E-state index contributed by atoms with van der Waals surface area (Å²) in [4.78, 5) is 0. The Balaban J connectivity index is 2.39. The van der Waals surface area contributed by atoms with E-state index in [0.29, 0.717) is 30.9 Å². The number of benzene rings is 1. The first-order chi connectivity index (χ1) is 7.70. The first-order valence-electron chi connectivity index (χ1n) is 5.43. The van der Waals surface area contributed by atoms with Gasteiger partial charge in [-0.05, 0) is 36.6 Å². The molecule has 0 fully saturated rings. The van der Waals surface area contributed by atoms with Gasteiger partial charge in [-0.15, -0.1) is 0 Å². The third kappa shape index (κ3) is 2.27. The molecule has 0 amide bonds. The van der Waals surface area contributed by atoms with Gasteiger partial charge in [0, 0.05) is 6.04 Å². The van der Waals surface area contributed by atoms with Gasteiger partial charge in [0.2, 0.25) is 0 Å². The molecule has 16 heavy (non-hydrogen) atoms. The monoisotopic (exact) mass is 225 g/mol. The van der Waals surface area contributed by atoms with E-state index in [1.165, 1.54) is 0 Å². The van der Waals surface area contributed by atoms with Crippen molar-refractivity contribution in [3.8, 4) is 11.5 Å². The lowest BCUT2D eigenvalue weighted by atomic mass is 10.0. The first kappa shape index (κ1) is 11.2. The molecule has 0 aliphatic carbocycles. The van der Waals surface area contributed by atoms with Gasteiger partial charge < -0.3 is 15.2 Å². The molecule has 1 atom stereocenters. The SMILES string of the molecule is CC(N)Cc1cc(CF)cc2c1OCCO2. The van der Waals surface area contributed by atoms with E-state index in [9.17, 15) is 4.39 Å². The Morgan fingerprint density at radius 3 is 2.81 bits per heavy atom. The van der Waals surface area contributed by atoms with Crippen LogP contribution in [0.5, 0.6) is 11.5 Å². The molecule has 0 spiro atoms. The normalized spacial score (nSPS) is 15.9. The predicted molar refractivity (Wildman–Crippen MR) is 59.6 cm³/mol. The summed E-state index contributed by atoms with van der Waals surface area (Å²) < 4.78 is 23.7. The van der Waals surface area contributed by atoms with E-state index >= 15 is 0 Å². The van der Waals surface area contributed by atoms with Gasteiger partial charge in [-0.3, -0.25) is 0 Å². The van der Waals surface area contributed by atoms with Crippen molar-refractivity contribution in [3.63, 3.8) is 0 Å². The van der Waals surface area contributed by atoms with Crippen LogP contribution in [0, 0.1) is 0 Å². The van der Waals surface area contributed by atoms with Gasteiger partial charge in [0.05, 0.1) is 0 Å². The third-order valence-corrected chi connectivity index (χ3v) is 2.48. The number of fused-ring (bicyclic) bond motifs is 1. The summed E-state index contributed by atoms with van der Waals surface area (Å²) in [6.45, 7) is 2.47. The lowest BCUT2D eigenvalue weighted by molar-refractivity contribution is 0.169. The Bertz CT molecular complexity index is 380. The van der Waals surface area contributed by atoms with Crippen molar-refractivity contribution in [3.05, 3.63) is 23.3 Å². The molecule has 0 aromatic heterocycles. The Morgan fingerprint density at radius 1 is 1.38 bits per heavy atom. The molecule has 1 heterocycles. The van der Waals surface area contributed by atoms with Crippen molar-refractivity contribution in [2.45, 2.75) is 26.1 Å². The van der Waals surface area contributed by atoms with Crippen LogP contribution in [-0.2, 0) is 13.1 Å². The quantitative estimate of drug-likeness (QED) is 0.853. The molecule has 1 aromatic rings. The molecule has 1 unspecified atom stereocenters. The van der Waals surface area contributed by atoms with Crippen molar-refractivity contribution in [2.24, 2.45) is 5.73 Å². The average molecular weight is 225 g/mol. The van der Waals surface area contributed by atoms with Gasteiger partial charge in [-0.1, -0.05) is 0 Å². The number of hydrogen-bond acceptors (Lipinski definition) is 3. The van der Waals surface area contributed by atoms with Crippen LogP contribution in [0.4, 0.5) is 4.39 Å². The fourth-order valence-electron chi connectivity index (χ4n) is 1.87. The van der Waals surface area contributed by atoms with E-state index in [2.05, 4.69) is 0 Å². The van der Waals surface area contributed by atoms with Gasteiger partial charge in [0.1, 0.15) is 19.9 Å². The summed E-state index contributed by atoms with van der Waals surface area (Å²) in [7, 11) is 0. The molecule has 2 N–H and O–H groups in total. The van der Waals surface area contributed by atoms with Crippen LogP contribution in [0.1, 0.15) is 18.1 Å². The fraction of sp³-hybridized carbons (Fsp3) is 0.500. The Hall–Kier alpha value is -1.29. The molecular formula is C12H16FNO2. The Morgan fingerprint density at radius 2 is 2.12 bits per heavy atom. The van der Waals surface area contributed by atoms with Crippen molar-refractivity contribution >= 4 is 0 Å². The molecule has 1 aliphatic heterocycles. The van der Waals surface area contributed by atoms with Gasteiger partial charge in [0.25, 0.3) is 0 Å². The largest absolute Gasteiger partial charge is 0.486 e. The molecule has 0 saturated heterocycles. The number of rotatable bonds is 3. The number of nitrogens with two attached hydrogens (primary N) is 1. The number of alkyl halides is 1. The van der Waals surface area contributed by atoms with Crippen molar-refractivity contribution < 1.29 is 13.9 Å². The topological polar surface area (TPSA) is 44.5 Å². The zero-order valence-electron chi connectivity index (χ0n) is 9.33. The molecule has 88 valence electrons. The van der Waals surface area contributed by atoms with Crippen LogP contribution in [0.2, 0.25) is 0 Å². The number of halogens is 1. The molecule has 4 heteroatoms. The smallest absolute Gasteiger partial charge is 0.164 e. The molecule has 3 nitrogen and oxygen atoms in total. The van der Waals surface area contributed by atoms with Crippen LogP contribution in [0.3, 0.4) is 0 Å². The van der Waals surface area contributed by atoms with E-state index in [0.717, 1.165) is 11.3 Å². The maximum Gasteiger partial charge on any atom is 0.164 e. The van der Waals surface area contributed by atoms with Crippen LogP contribution in [-0.4, -0.2) is 19.3 Å². The van der Waals surface area contributed by atoms with Crippen LogP contribution in [0.25, 0.3) is 0 Å². The highest BCUT2D eigenvalue weighted by molar-refractivity contribution is 5.50. The van der Waals surface area contributed by atoms with Gasteiger partial charge >= 0.3 is 0 Å². The molecular weight excluding hydrogens is 209 g/mol. The zero-order valence-corrected chi connectivity index (χ0v) is 9.33. The highest BCUT2D eigenvalue weighted by atomic mass is 19.1. The van der Waals surface area contributed by atoms with E-state index in [1.807, 2.05) is 6.92 Å². The summed E-state index contributed by atoms with van der Waals surface area (Å²) in [6.07, 6.45) is 0.666. The van der Waals surface area contributed by atoms with Crippen molar-refractivity contribution in [1.29, 1.82) is 0 Å².